The largest absolute Gasteiger partial charge is 0.489 e. The Morgan fingerprint density at radius 1 is 1.12 bits per heavy atom. The molecule has 0 atom stereocenters. The van der Waals surface area contributed by atoms with Gasteiger partial charge in [0.25, 0.3) is 0 Å². The van der Waals surface area contributed by atoms with Crippen LogP contribution in [0.1, 0.15) is 11.1 Å². The van der Waals surface area contributed by atoms with Crippen molar-refractivity contribution < 1.29 is 9.84 Å². The predicted octanol–water partition coefficient (Wildman–Crippen LogP) is 2.73. The third kappa shape index (κ3) is 5.24. The SMILES string of the molecule is CNC(=S)N[NH+]=Cc1ccc(OCc2c(Cl)ccc(Cl)c2Cl)cc1. The maximum Gasteiger partial charge on any atom is 0.223 e. The Morgan fingerprint density at radius 3 is 2.46 bits per heavy atom. The lowest BCUT2D eigenvalue weighted by Crippen LogP contribution is -2.82. The lowest BCUT2D eigenvalue weighted by molar-refractivity contribution is -0.500. The van der Waals surface area contributed by atoms with E-state index in [1.54, 1.807) is 25.4 Å². The van der Waals surface area contributed by atoms with Crippen molar-refractivity contribution in [1.29, 1.82) is 0 Å². The molecule has 0 unspecified atom stereocenters. The summed E-state index contributed by atoms with van der Waals surface area (Å²) in [6.07, 6.45) is 1.78. The standard InChI is InChI=1S/C16H14Cl3N3OS/c1-20-16(24)22-21-8-10-2-4-11(5-3-10)23-9-12-13(17)6-7-14(18)15(12)19/h2-8H,9H2,1H3,(H2,20,22,24)/p+1. The van der Waals surface area contributed by atoms with Crippen molar-refractivity contribution in [2.45, 2.75) is 6.61 Å². The van der Waals surface area contributed by atoms with Gasteiger partial charge in [0, 0.05) is 23.2 Å². The quantitative estimate of drug-likeness (QED) is 0.311. The first-order valence-corrected chi connectivity index (χ1v) is 8.47. The fraction of sp³-hybridized carbons (Fsp3) is 0.125. The second kappa shape index (κ2) is 9.08. The number of nitrogens with one attached hydrogen (secondary N) is 3. The molecule has 24 heavy (non-hydrogen) atoms. The van der Waals surface area contributed by atoms with Gasteiger partial charge >= 0.3 is 0 Å². The molecule has 0 aromatic heterocycles. The summed E-state index contributed by atoms with van der Waals surface area (Å²) in [5.41, 5.74) is 4.41. The molecule has 8 heteroatoms. The van der Waals surface area contributed by atoms with Crippen LogP contribution in [-0.4, -0.2) is 18.4 Å². The molecule has 0 saturated heterocycles. The highest BCUT2D eigenvalue weighted by Crippen LogP contribution is 2.32. The number of halogens is 3. The molecule has 0 aliphatic heterocycles. The van der Waals surface area contributed by atoms with Gasteiger partial charge in [0.2, 0.25) is 5.11 Å². The third-order valence-electron chi connectivity index (χ3n) is 3.05. The zero-order chi connectivity index (χ0) is 17.5. The van der Waals surface area contributed by atoms with Crippen LogP contribution in [0.25, 0.3) is 0 Å². The smallest absolute Gasteiger partial charge is 0.223 e. The normalized spacial score (nSPS) is 10.7. The van der Waals surface area contributed by atoms with Crippen LogP contribution in [0.5, 0.6) is 5.75 Å². The number of hydrazone groups is 1. The number of benzene rings is 2. The highest BCUT2D eigenvalue weighted by atomic mass is 35.5. The summed E-state index contributed by atoms with van der Waals surface area (Å²) in [4.78, 5) is 0. The Morgan fingerprint density at radius 2 is 1.79 bits per heavy atom. The summed E-state index contributed by atoms with van der Waals surface area (Å²) in [5.74, 6) is 0.693. The van der Waals surface area contributed by atoms with Gasteiger partial charge in [-0.05, 0) is 48.6 Å². The van der Waals surface area contributed by atoms with Gasteiger partial charge in [-0.2, -0.15) is 0 Å². The van der Waals surface area contributed by atoms with Crippen molar-refractivity contribution in [3.8, 4) is 5.75 Å². The van der Waals surface area contributed by atoms with Gasteiger partial charge in [-0.3, -0.25) is 0 Å². The molecular formula is C16H15Cl3N3OS+. The minimum Gasteiger partial charge on any atom is -0.489 e. The van der Waals surface area contributed by atoms with E-state index in [4.69, 9.17) is 51.8 Å². The van der Waals surface area contributed by atoms with E-state index < -0.39 is 0 Å². The van der Waals surface area contributed by atoms with Crippen molar-refractivity contribution in [2.24, 2.45) is 0 Å². The molecule has 2 aromatic carbocycles. The highest BCUT2D eigenvalue weighted by Gasteiger charge is 2.10. The van der Waals surface area contributed by atoms with Gasteiger partial charge in [0.1, 0.15) is 12.4 Å². The molecule has 2 aromatic rings. The number of hydrazine groups is 1. The molecule has 2 rings (SSSR count). The second-order valence-corrected chi connectivity index (χ2v) is 6.27. The van der Waals surface area contributed by atoms with Gasteiger partial charge in [-0.25, -0.2) is 0 Å². The van der Waals surface area contributed by atoms with Crippen LogP contribution < -0.4 is 20.6 Å². The van der Waals surface area contributed by atoms with Crippen molar-refractivity contribution in [3.63, 3.8) is 0 Å². The van der Waals surface area contributed by atoms with Crippen LogP contribution in [-0.2, 0) is 6.61 Å². The Balaban J connectivity index is 1.98. The fourth-order valence-corrected chi connectivity index (χ4v) is 2.48. The molecule has 0 amide bonds. The van der Waals surface area contributed by atoms with Crippen LogP contribution in [0.4, 0.5) is 0 Å². The van der Waals surface area contributed by atoms with E-state index in [-0.39, 0.29) is 6.61 Å². The van der Waals surface area contributed by atoms with Gasteiger partial charge in [-0.1, -0.05) is 34.8 Å². The average molecular weight is 404 g/mol. The summed E-state index contributed by atoms with van der Waals surface area (Å²) in [6.45, 7) is 0.234. The molecule has 3 N–H and O–H groups in total. The van der Waals surface area contributed by atoms with Crippen molar-refractivity contribution in [3.05, 3.63) is 62.6 Å². The molecule has 0 bridgehead atoms. The van der Waals surface area contributed by atoms with Crippen LogP contribution in [0, 0.1) is 0 Å². The Labute approximate surface area is 160 Å². The van der Waals surface area contributed by atoms with Gasteiger partial charge in [0.15, 0.2) is 6.21 Å². The van der Waals surface area contributed by atoms with Gasteiger partial charge < -0.3 is 10.1 Å². The van der Waals surface area contributed by atoms with E-state index in [1.165, 1.54) is 0 Å². The van der Waals surface area contributed by atoms with E-state index in [9.17, 15) is 0 Å². The Hall–Kier alpha value is -1.53. The topological polar surface area (TPSA) is 47.3 Å². The molecule has 0 saturated carbocycles. The molecule has 0 spiro atoms. The third-order valence-corrected chi connectivity index (χ3v) is 4.56. The molecular weight excluding hydrogens is 389 g/mol. The molecule has 126 valence electrons. The molecule has 0 aliphatic rings. The summed E-state index contributed by atoms with van der Waals surface area (Å²) in [6, 6.07) is 10.8. The first kappa shape index (κ1) is 18.8. The summed E-state index contributed by atoms with van der Waals surface area (Å²) in [5, 5.41) is 7.55. The Kier molecular flexibility index (Phi) is 7.12. The van der Waals surface area contributed by atoms with E-state index in [1.807, 2.05) is 24.3 Å². The highest BCUT2D eigenvalue weighted by molar-refractivity contribution is 7.80. The molecule has 0 fully saturated rings. The number of hydrogen-bond acceptors (Lipinski definition) is 2. The monoisotopic (exact) mass is 402 g/mol. The predicted molar refractivity (Wildman–Crippen MR) is 103 cm³/mol. The van der Waals surface area contributed by atoms with Crippen LogP contribution in [0.3, 0.4) is 0 Å². The van der Waals surface area contributed by atoms with E-state index in [0.717, 1.165) is 5.56 Å². The Bertz CT molecular complexity index is 751. The summed E-state index contributed by atoms with van der Waals surface area (Å²) < 4.78 is 5.72. The van der Waals surface area contributed by atoms with E-state index in [2.05, 4.69) is 15.8 Å². The van der Waals surface area contributed by atoms with Gasteiger partial charge in [0.05, 0.1) is 10.0 Å². The molecule has 0 aliphatic carbocycles. The van der Waals surface area contributed by atoms with Gasteiger partial charge in [-0.15, -0.1) is 10.5 Å². The molecule has 0 radical (unpaired) electrons. The zero-order valence-corrected chi connectivity index (χ0v) is 15.8. The lowest BCUT2D eigenvalue weighted by atomic mass is 10.2. The maximum atomic E-state index is 6.15. The fourth-order valence-electron chi connectivity index (χ4n) is 1.76. The first-order valence-electron chi connectivity index (χ1n) is 6.93. The zero-order valence-electron chi connectivity index (χ0n) is 12.7. The van der Waals surface area contributed by atoms with Crippen LogP contribution in [0.15, 0.2) is 36.4 Å². The second-order valence-electron chi connectivity index (χ2n) is 4.67. The van der Waals surface area contributed by atoms with Crippen LogP contribution in [0.2, 0.25) is 15.1 Å². The first-order chi connectivity index (χ1) is 11.5. The molecule has 0 heterocycles. The summed E-state index contributed by atoms with van der Waals surface area (Å²) in [7, 11) is 1.74. The number of hydrogen-bond donors (Lipinski definition) is 3. The minimum absolute atomic E-state index is 0.234. The number of rotatable bonds is 5. The average Bonchev–Trinajstić information content (AvgIpc) is 2.59. The lowest BCUT2D eigenvalue weighted by Gasteiger charge is -2.10. The maximum absolute atomic E-state index is 6.15. The number of ether oxygens (including phenoxy) is 1. The number of thiocarbonyl (C=S) groups is 1. The minimum atomic E-state index is 0.234. The van der Waals surface area contributed by atoms with E-state index >= 15 is 0 Å². The van der Waals surface area contributed by atoms with E-state index in [0.29, 0.717) is 31.5 Å². The van der Waals surface area contributed by atoms with Crippen molar-refractivity contribution >= 4 is 58.3 Å². The molecule has 4 nitrogen and oxygen atoms in total. The van der Waals surface area contributed by atoms with Crippen molar-refractivity contribution in [2.75, 3.05) is 7.05 Å². The van der Waals surface area contributed by atoms with Crippen molar-refractivity contribution in [1.82, 2.24) is 10.7 Å². The summed E-state index contributed by atoms with van der Waals surface area (Å²) >= 11 is 23.2. The van der Waals surface area contributed by atoms with Crippen LogP contribution >= 0.6 is 47.0 Å².